The molecule has 0 aromatic heterocycles. The van der Waals surface area contributed by atoms with E-state index in [9.17, 15) is 4.79 Å². The van der Waals surface area contributed by atoms with Crippen molar-refractivity contribution in [1.82, 2.24) is 0 Å². The average molecular weight is 346 g/mol. The molecule has 0 saturated carbocycles. The van der Waals surface area contributed by atoms with Gasteiger partial charge in [-0.05, 0) is 47.9 Å². The van der Waals surface area contributed by atoms with Crippen LogP contribution >= 0.6 is 23.4 Å². The third-order valence-corrected chi connectivity index (χ3v) is 5.59. The smallest absolute Gasteiger partial charge is 0.259 e. The van der Waals surface area contributed by atoms with Crippen LogP contribution in [-0.2, 0) is 5.41 Å². The molecule has 0 N–H and O–H groups in total. The molecule has 0 aliphatic carbocycles. The van der Waals surface area contributed by atoms with Gasteiger partial charge in [0, 0.05) is 17.1 Å². The molecule has 0 fully saturated rings. The van der Waals surface area contributed by atoms with E-state index in [1.807, 2.05) is 41.5 Å². The molecule has 0 atom stereocenters. The van der Waals surface area contributed by atoms with Gasteiger partial charge in [-0.3, -0.25) is 4.79 Å². The number of hydrogen-bond donors (Lipinski definition) is 0. The zero-order chi connectivity index (χ0) is 16.6. The molecule has 1 aliphatic rings. The van der Waals surface area contributed by atoms with E-state index in [0.29, 0.717) is 17.1 Å². The minimum atomic E-state index is -0.0196. The lowest BCUT2D eigenvalue weighted by atomic mass is 9.77. The van der Waals surface area contributed by atoms with E-state index in [0.717, 1.165) is 17.0 Å². The predicted molar refractivity (Wildman–Crippen MR) is 99.0 cm³/mol. The molecule has 0 saturated heterocycles. The van der Waals surface area contributed by atoms with Crippen molar-refractivity contribution >= 4 is 35.0 Å². The molecular formula is C19H20ClNOS. The Labute approximate surface area is 146 Å². The number of amides is 1. The first-order chi connectivity index (χ1) is 10.9. The lowest BCUT2D eigenvalue weighted by Crippen LogP contribution is -2.41. The van der Waals surface area contributed by atoms with Crippen LogP contribution in [0.1, 0.15) is 36.2 Å². The van der Waals surface area contributed by atoms with Crippen LogP contribution < -0.4 is 4.90 Å². The zero-order valence-corrected chi connectivity index (χ0v) is 15.2. The standard InChI is InChI=1S/C19H20ClNOS/c1-19(2)10-11-21(17-7-5-4-6-15(17)19)18(22)14-12-13(23-3)8-9-16(14)20/h4-9,12H,10-11H2,1-3H3. The molecule has 2 aromatic carbocycles. The minimum absolute atomic E-state index is 0.0196. The maximum atomic E-state index is 13.1. The summed E-state index contributed by atoms with van der Waals surface area (Å²) >= 11 is 7.91. The van der Waals surface area contributed by atoms with Gasteiger partial charge >= 0.3 is 0 Å². The fourth-order valence-electron chi connectivity index (χ4n) is 3.08. The van der Waals surface area contributed by atoms with Crippen LogP contribution in [0.3, 0.4) is 0 Å². The van der Waals surface area contributed by atoms with Gasteiger partial charge in [-0.15, -0.1) is 11.8 Å². The fraction of sp³-hybridized carbons (Fsp3) is 0.316. The van der Waals surface area contributed by atoms with E-state index in [4.69, 9.17) is 11.6 Å². The molecule has 4 heteroatoms. The number of hydrogen-bond acceptors (Lipinski definition) is 2. The fourth-order valence-corrected chi connectivity index (χ4v) is 3.72. The number of carbonyl (C=O) groups excluding carboxylic acids is 1. The maximum Gasteiger partial charge on any atom is 0.259 e. The summed E-state index contributed by atoms with van der Waals surface area (Å²) in [5, 5.41) is 0.509. The van der Waals surface area contributed by atoms with Crippen molar-refractivity contribution < 1.29 is 4.79 Å². The lowest BCUT2D eigenvalue weighted by molar-refractivity contribution is 0.0982. The summed E-state index contributed by atoms with van der Waals surface area (Å²) < 4.78 is 0. The van der Waals surface area contributed by atoms with Gasteiger partial charge in [0.05, 0.1) is 10.6 Å². The van der Waals surface area contributed by atoms with Crippen molar-refractivity contribution in [3.8, 4) is 0 Å². The van der Waals surface area contributed by atoms with E-state index < -0.39 is 0 Å². The summed E-state index contributed by atoms with van der Waals surface area (Å²) in [6.07, 6.45) is 2.94. The van der Waals surface area contributed by atoms with Gasteiger partial charge in [0.2, 0.25) is 0 Å². The molecule has 0 spiro atoms. The van der Waals surface area contributed by atoms with Gasteiger partial charge in [0.1, 0.15) is 0 Å². The van der Waals surface area contributed by atoms with Crippen LogP contribution in [0.25, 0.3) is 0 Å². The number of benzene rings is 2. The number of fused-ring (bicyclic) bond motifs is 1. The number of anilines is 1. The molecule has 2 aromatic rings. The molecule has 0 unspecified atom stereocenters. The maximum absolute atomic E-state index is 13.1. The van der Waals surface area contributed by atoms with Crippen LogP contribution in [0.4, 0.5) is 5.69 Å². The second kappa shape index (κ2) is 6.21. The van der Waals surface area contributed by atoms with Crippen molar-refractivity contribution in [1.29, 1.82) is 0 Å². The van der Waals surface area contributed by atoms with Gasteiger partial charge in [-0.25, -0.2) is 0 Å². The van der Waals surface area contributed by atoms with Crippen molar-refractivity contribution in [2.24, 2.45) is 0 Å². The summed E-state index contributed by atoms with van der Waals surface area (Å²) in [5.74, 6) is -0.0196. The molecular weight excluding hydrogens is 326 g/mol. The Balaban J connectivity index is 2.04. The first-order valence-electron chi connectivity index (χ1n) is 7.69. The number of para-hydroxylation sites is 1. The topological polar surface area (TPSA) is 20.3 Å². The lowest BCUT2D eigenvalue weighted by Gasteiger charge is -2.39. The van der Waals surface area contributed by atoms with E-state index >= 15 is 0 Å². The SMILES string of the molecule is CSc1ccc(Cl)c(C(=O)N2CCC(C)(C)c3ccccc32)c1. The molecule has 1 amide bonds. The molecule has 1 aliphatic heterocycles. The summed E-state index contributed by atoms with van der Waals surface area (Å²) in [6.45, 7) is 5.17. The molecule has 120 valence electrons. The van der Waals surface area contributed by atoms with Gasteiger partial charge in [0.15, 0.2) is 0 Å². The monoisotopic (exact) mass is 345 g/mol. The third kappa shape index (κ3) is 3.00. The van der Waals surface area contributed by atoms with E-state index in [1.54, 1.807) is 17.8 Å². The average Bonchev–Trinajstić information content (AvgIpc) is 2.55. The molecule has 3 rings (SSSR count). The largest absolute Gasteiger partial charge is 0.308 e. The van der Waals surface area contributed by atoms with Crippen LogP contribution in [0.2, 0.25) is 5.02 Å². The Hall–Kier alpha value is -1.45. The normalized spacial score (nSPS) is 16.1. The van der Waals surface area contributed by atoms with E-state index in [-0.39, 0.29) is 11.3 Å². The quantitative estimate of drug-likeness (QED) is 0.680. The highest BCUT2D eigenvalue weighted by molar-refractivity contribution is 7.98. The number of carbonyl (C=O) groups is 1. The molecule has 0 bridgehead atoms. The Bertz CT molecular complexity index is 757. The summed E-state index contributed by atoms with van der Waals surface area (Å²) in [7, 11) is 0. The van der Waals surface area contributed by atoms with Gasteiger partial charge in [-0.2, -0.15) is 0 Å². The Morgan fingerprint density at radius 1 is 1.22 bits per heavy atom. The van der Waals surface area contributed by atoms with E-state index in [1.165, 1.54) is 5.56 Å². The Morgan fingerprint density at radius 2 is 1.96 bits per heavy atom. The number of halogens is 1. The van der Waals surface area contributed by atoms with Gasteiger partial charge < -0.3 is 4.90 Å². The first-order valence-corrected chi connectivity index (χ1v) is 9.29. The van der Waals surface area contributed by atoms with Crippen LogP contribution in [-0.4, -0.2) is 18.7 Å². The van der Waals surface area contributed by atoms with Crippen LogP contribution in [0.5, 0.6) is 0 Å². The zero-order valence-electron chi connectivity index (χ0n) is 13.6. The summed E-state index contributed by atoms with van der Waals surface area (Å²) in [4.78, 5) is 16.0. The summed E-state index contributed by atoms with van der Waals surface area (Å²) in [5.41, 5.74) is 2.88. The van der Waals surface area contributed by atoms with Crippen molar-refractivity contribution in [3.05, 3.63) is 58.6 Å². The highest BCUT2D eigenvalue weighted by Gasteiger charge is 2.34. The van der Waals surface area contributed by atoms with Crippen molar-refractivity contribution in [2.45, 2.75) is 30.6 Å². The van der Waals surface area contributed by atoms with Gasteiger partial charge in [-0.1, -0.05) is 43.6 Å². The predicted octanol–water partition coefficient (Wildman–Crippen LogP) is 5.39. The van der Waals surface area contributed by atoms with Gasteiger partial charge in [0.25, 0.3) is 5.91 Å². The minimum Gasteiger partial charge on any atom is -0.308 e. The summed E-state index contributed by atoms with van der Waals surface area (Å²) in [6, 6.07) is 13.8. The number of nitrogens with zero attached hydrogens (tertiary/aromatic N) is 1. The van der Waals surface area contributed by atoms with E-state index in [2.05, 4.69) is 19.9 Å². The Morgan fingerprint density at radius 3 is 2.70 bits per heavy atom. The van der Waals surface area contributed by atoms with Crippen LogP contribution in [0.15, 0.2) is 47.4 Å². The second-order valence-corrected chi connectivity index (χ2v) is 7.74. The van der Waals surface area contributed by atoms with Crippen molar-refractivity contribution in [3.63, 3.8) is 0 Å². The third-order valence-electron chi connectivity index (χ3n) is 4.53. The first kappa shape index (κ1) is 16.4. The number of thioether (sulfide) groups is 1. The second-order valence-electron chi connectivity index (χ2n) is 6.45. The molecule has 0 radical (unpaired) electrons. The Kier molecular flexibility index (Phi) is 4.43. The molecule has 23 heavy (non-hydrogen) atoms. The molecule has 1 heterocycles. The highest BCUT2D eigenvalue weighted by Crippen LogP contribution is 2.40. The van der Waals surface area contributed by atoms with Crippen molar-refractivity contribution in [2.75, 3.05) is 17.7 Å². The highest BCUT2D eigenvalue weighted by atomic mass is 35.5. The molecule has 2 nitrogen and oxygen atoms in total. The van der Waals surface area contributed by atoms with Crippen LogP contribution in [0, 0.1) is 0 Å². The number of rotatable bonds is 2.